The molecule has 19 heavy (non-hydrogen) atoms. The van der Waals surface area contributed by atoms with Gasteiger partial charge in [-0.05, 0) is 39.4 Å². The highest BCUT2D eigenvalue weighted by Gasteiger charge is 2.14. The third-order valence-corrected chi connectivity index (χ3v) is 3.69. The molecule has 4 nitrogen and oxygen atoms in total. The summed E-state index contributed by atoms with van der Waals surface area (Å²) in [5.41, 5.74) is 4.71. The number of aryl methyl sites for hydroxylation is 2. The first-order valence-corrected chi connectivity index (χ1v) is 6.67. The Morgan fingerprint density at radius 3 is 2.68 bits per heavy atom. The van der Waals surface area contributed by atoms with Crippen LogP contribution in [0.25, 0.3) is 0 Å². The number of aromatic amines is 1. The SMILES string of the molecule is Cc1cccnc1CC(C)N(C)Cc1nc[nH]c1C. The highest BCUT2D eigenvalue weighted by molar-refractivity contribution is 5.18. The van der Waals surface area contributed by atoms with Crippen LogP contribution in [0.2, 0.25) is 0 Å². The molecule has 1 unspecified atom stereocenters. The zero-order valence-corrected chi connectivity index (χ0v) is 12.1. The summed E-state index contributed by atoms with van der Waals surface area (Å²) < 4.78 is 0. The van der Waals surface area contributed by atoms with E-state index in [0.717, 1.165) is 24.4 Å². The molecule has 2 aromatic heterocycles. The maximum Gasteiger partial charge on any atom is 0.0925 e. The number of hydrogen-bond donors (Lipinski definition) is 1. The van der Waals surface area contributed by atoms with Crippen molar-refractivity contribution in [2.24, 2.45) is 0 Å². The van der Waals surface area contributed by atoms with Gasteiger partial charge in [0.1, 0.15) is 0 Å². The molecule has 0 aliphatic heterocycles. The average molecular weight is 258 g/mol. The lowest BCUT2D eigenvalue weighted by atomic mass is 10.1. The lowest BCUT2D eigenvalue weighted by Crippen LogP contribution is -2.31. The lowest BCUT2D eigenvalue weighted by Gasteiger charge is -2.24. The van der Waals surface area contributed by atoms with E-state index in [-0.39, 0.29) is 0 Å². The molecule has 0 aliphatic rings. The van der Waals surface area contributed by atoms with Gasteiger partial charge in [0.15, 0.2) is 0 Å². The Balaban J connectivity index is 1.98. The van der Waals surface area contributed by atoms with Gasteiger partial charge in [-0.25, -0.2) is 4.98 Å². The highest BCUT2D eigenvalue weighted by atomic mass is 15.1. The lowest BCUT2D eigenvalue weighted by molar-refractivity contribution is 0.243. The first-order valence-electron chi connectivity index (χ1n) is 6.67. The molecular formula is C15H22N4. The van der Waals surface area contributed by atoms with Crippen molar-refractivity contribution in [3.63, 3.8) is 0 Å². The van der Waals surface area contributed by atoms with E-state index >= 15 is 0 Å². The molecule has 2 heterocycles. The fourth-order valence-corrected chi connectivity index (χ4v) is 2.11. The van der Waals surface area contributed by atoms with E-state index in [1.54, 1.807) is 6.33 Å². The molecule has 1 N–H and O–H groups in total. The van der Waals surface area contributed by atoms with Crippen molar-refractivity contribution in [1.82, 2.24) is 19.9 Å². The molecule has 0 saturated carbocycles. The molecule has 0 spiro atoms. The van der Waals surface area contributed by atoms with E-state index in [4.69, 9.17) is 0 Å². The van der Waals surface area contributed by atoms with Crippen LogP contribution in [0.4, 0.5) is 0 Å². The summed E-state index contributed by atoms with van der Waals surface area (Å²) >= 11 is 0. The monoisotopic (exact) mass is 258 g/mol. The van der Waals surface area contributed by atoms with Crippen LogP contribution in [0.3, 0.4) is 0 Å². The number of nitrogens with zero attached hydrogens (tertiary/aromatic N) is 3. The fourth-order valence-electron chi connectivity index (χ4n) is 2.11. The van der Waals surface area contributed by atoms with Crippen molar-refractivity contribution in [1.29, 1.82) is 0 Å². The third kappa shape index (κ3) is 3.41. The number of H-pyrrole nitrogens is 1. The Kier molecular flexibility index (Phi) is 4.32. The average Bonchev–Trinajstić information content (AvgIpc) is 2.78. The summed E-state index contributed by atoms with van der Waals surface area (Å²) in [6, 6.07) is 4.54. The molecule has 2 rings (SSSR count). The standard InChI is InChI=1S/C15H22N4/c1-11-6-5-7-16-14(11)8-12(2)19(4)9-15-13(3)17-10-18-15/h5-7,10,12H,8-9H2,1-4H3,(H,17,18). The molecule has 4 heteroatoms. The summed E-state index contributed by atoms with van der Waals surface area (Å²) in [7, 11) is 2.14. The van der Waals surface area contributed by atoms with Crippen molar-refractivity contribution in [3.05, 3.63) is 47.3 Å². The second kappa shape index (κ2) is 5.97. The van der Waals surface area contributed by atoms with Crippen LogP contribution in [0.15, 0.2) is 24.7 Å². The van der Waals surface area contributed by atoms with Gasteiger partial charge in [0.05, 0.1) is 12.0 Å². The van der Waals surface area contributed by atoms with Gasteiger partial charge >= 0.3 is 0 Å². The molecule has 0 aromatic carbocycles. The smallest absolute Gasteiger partial charge is 0.0925 e. The van der Waals surface area contributed by atoms with Crippen molar-refractivity contribution in [3.8, 4) is 0 Å². The van der Waals surface area contributed by atoms with Crippen LogP contribution in [-0.2, 0) is 13.0 Å². The van der Waals surface area contributed by atoms with E-state index in [1.165, 1.54) is 11.3 Å². The summed E-state index contributed by atoms with van der Waals surface area (Å²) in [6.07, 6.45) is 4.59. The van der Waals surface area contributed by atoms with Gasteiger partial charge in [0.2, 0.25) is 0 Å². The van der Waals surface area contributed by atoms with Gasteiger partial charge in [-0.3, -0.25) is 9.88 Å². The van der Waals surface area contributed by atoms with Gasteiger partial charge in [0, 0.05) is 36.6 Å². The van der Waals surface area contributed by atoms with Gasteiger partial charge in [0.25, 0.3) is 0 Å². The predicted octanol–water partition coefficient (Wildman–Crippen LogP) is 2.48. The van der Waals surface area contributed by atoms with Gasteiger partial charge < -0.3 is 4.98 Å². The van der Waals surface area contributed by atoms with Crippen LogP contribution in [0, 0.1) is 13.8 Å². The minimum atomic E-state index is 0.435. The van der Waals surface area contributed by atoms with Gasteiger partial charge in [-0.1, -0.05) is 6.07 Å². The number of pyridine rings is 1. The molecule has 2 aromatic rings. The van der Waals surface area contributed by atoms with Crippen LogP contribution in [0.5, 0.6) is 0 Å². The Hall–Kier alpha value is -1.68. The summed E-state index contributed by atoms with van der Waals surface area (Å²) in [6.45, 7) is 7.27. The number of nitrogens with one attached hydrogen (secondary N) is 1. The van der Waals surface area contributed by atoms with Crippen molar-refractivity contribution in [2.45, 2.75) is 39.8 Å². The number of likely N-dealkylation sites (N-methyl/N-ethyl adjacent to an activating group) is 1. The Bertz CT molecular complexity index is 532. The van der Waals surface area contributed by atoms with E-state index in [2.05, 4.69) is 53.7 Å². The molecule has 0 saturated heterocycles. The molecule has 102 valence electrons. The van der Waals surface area contributed by atoms with Gasteiger partial charge in [-0.15, -0.1) is 0 Å². The summed E-state index contributed by atoms with van der Waals surface area (Å²) in [5, 5.41) is 0. The first kappa shape index (κ1) is 13.7. The predicted molar refractivity (Wildman–Crippen MR) is 76.9 cm³/mol. The van der Waals surface area contributed by atoms with Gasteiger partial charge in [-0.2, -0.15) is 0 Å². The maximum atomic E-state index is 4.47. The van der Waals surface area contributed by atoms with Crippen LogP contribution < -0.4 is 0 Å². The number of hydrogen-bond acceptors (Lipinski definition) is 3. The Labute approximate surface area is 114 Å². The maximum absolute atomic E-state index is 4.47. The number of aromatic nitrogens is 3. The Morgan fingerprint density at radius 1 is 1.26 bits per heavy atom. The molecule has 0 radical (unpaired) electrons. The van der Waals surface area contributed by atoms with E-state index in [0.29, 0.717) is 6.04 Å². The Morgan fingerprint density at radius 2 is 2.05 bits per heavy atom. The first-order chi connectivity index (χ1) is 9.08. The zero-order valence-electron chi connectivity index (χ0n) is 12.1. The van der Waals surface area contributed by atoms with Crippen LogP contribution in [0.1, 0.15) is 29.6 Å². The van der Waals surface area contributed by atoms with E-state index in [1.807, 2.05) is 12.3 Å². The molecule has 0 aliphatic carbocycles. The quantitative estimate of drug-likeness (QED) is 0.896. The second-order valence-electron chi connectivity index (χ2n) is 5.21. The van der Waals surface area contributed by atoms with Crippen molar-refractivity contribution in [2.75, 3.05) is 7.05 Å². The summed E-state index contributed by atoms with van der Waals surface area (Å²) in [4.78, 5) is 14.3. The molecule has 0 fully saturated rings. The third-order valence-electron chi connectivity index (χ3n) is 3.69. The van der Waals surface area contributed by atoms with Crippen molar-refractivity contribution < 1.29 is 0 Å². The molecule has 1 atom stereocenters. The number of rotatable bonds is 5. The fraction of sp³-hybridized carbons (Fsp3) is 0.467. The van der Waals surface area contributed by atoms with Crippen LogP contribution >= 0.6 is 0 Å². The molecule has 0 amide bonds. The normalized spacial score (nSPS) is 12.9. The molecule has 0 bridgehead atoms. The zero-order chi connectivity index (χ0) is 13.8. The molecular weight excluding hydrogens is 236 g/mol. The highest BCUT2D eigenvalue weighted by Crippen LogP contribution is 2.12. The van der Waals surface area contributed by atoms with E-state index < -0.39 is 0 Å². The minimum absolute atomic E-state index is 0.435. The van der Waals surface area contributed by atoms with Crippen LogP contribution in [-0.4, -0.2) is 32.9 Å². The second-order valence-corrected chi connectivity index (χ2v) is 5.21. The topological polar surface area (TPSA) is 44.8 Å². The number of imidazole rings is 1. The van der Waals surface area contributed by atoms with E-state index in [9.17, 15) is 0 Å². The largest absolute Gasteiger partial charge is 0.348 e. The summed E-state index contributed by atoms with van der Waals surface area (Å²) in [5.74, 6) is 0. The van der Waals surface area contributed by atoms with Crippen molar-refractivity contribution >= 4 is 0 Å². The minimum Gasteiger partial charge on any atom is -0.348 e.